The average Bonchev–Trinajstić information content (AvgIpc) is 2.33. The zero-order valence-corrected chi connectivity index (χ0v) is 11.4. The number of rotatable bonds is 7. The Morgan fingerprint density at radius 2 is 2.29 bits per heavy atom. The van der Waals surface area contributed by atoms with Gasteiger partial charge in [-0.2, -0.15) is 0 Å². The van der Waals surface area contributed by atoms with Crippen LogP contribution in [0.3, 0.4) is 0 Å². The second-order valence-corrected chi connectivity index (χ2v) is 5.64. The van der Waals surface area contributed by atoms with E-state index in [2.05, 4.69) is 24.5 Å². The van der Waals surface area contributed by atoms with Crippen molar-refractivity contribution in [3.8, 4) is 0 Å². The molecule has 1 amide bonds. The van der Waals surface area contributed by atoms with E-state index in [0.29, 0.717) is 12.3 Å². The molecule has 1 atom stereocenters. The molecule has 1 saturated heterocycles. The van der Waals surface area contributed by atoms with Gasteiger partial charge in [-0.1, -0.05) is 13.8 Å². The molecule has 1 aliphatic rings. The third kappa shape index (κ3) is 7.37. The molecule has 2 N–H and O–H groups in total. The number of amides is 1. The summed E-state index contributed by atoms with van der Waals surface area (Å²) in [6.07, 6.45) is 6.60. The van der Waals surface area contributed by atoms with Gasteiger partial charge in [0, 0.05) is 13.0 Å². The van der Waals surface area contributed by atoms with E-state index in [1.165, 1.54) is 19.3 Å². The Morgan fingerprint density at radius 1 is 1.47 bits per heavy atom. The van der Waals surface area contributed by atoms with Gasteiger partial charge in [-0.25, -0.2) is 0 Å². The lowest BCUT2D eigenvalue weighted by molar-refractivity contribution is -0.121. The summed E-state index contributed by atoms with van der Waals surface area (Å²) in [6.45, 7) is 7.54. The molecule has 0 saturated carbocycles. The highest BCUT2D eigenvalue weighted by Gasteiger charge is 2.14. The molecule has 17 heavy (non-hydrogen) atoms. The van der Waals surface area contributed by atoms with Crippen LogP contribution in [0.25, 0.3) is 0 Å². The molecule has 0 aromatic rings. The maximum absolute atomic E-state index is 11.6. The maximum atomic E-state index is 11.6. The zero-order chi connectivity index (χ0) is 12.5. The number of carbonyl (C=O) groups is 1. The van der Waals surface area contributed by atoms with Crippen LogP contribution in [0, 0.1) is 11.8 Å². The van der Waals surface area contributed by atoms with Gasteiger partial charge in [-0.15, -0.1) is 0 Å². The molecule has 3 heteroatoms. The van der Waals surface area contributed by atoms with Crippen LogP contribution in [0.1, 0.15) is 52.4 Å². The van der Waals surface area contributed by atoms with Crippen molar-refractivity contribution in [3.63, 3.8) is 0 Å². The van der Waals surface area contributed by atoms with Gasteiger partial charge in [0.25, 0.3) is 0 Å². The molecule has 0 aliphatic carbocycles. The highest BCUT2D eigenvalue weighted by Crippen LogP contribution is 2.15. The van der Waals surface area contributed by atoms with Crippen LogP contribution in [0.5, 0.6) is 0 Å². The molecule has 1 unspecified atom stereocenters. The minimum absolute atomic E-state index is 0.235. The molecular formula is C14H28N2O. The monoisotopic (exact) mass is 240 g/mol. The molecule has 1 heterocycles. The highest BCUT2D eigenvalue weighted by molar-refractivity contribution is 5.75. The van der Waals surface area contributed by atoms with Gasteiger partial charge in [0.05, 0.1) is 0 Å². The van der Waals surface area contributed by atoms with Gasteiger partial charge < -0.3 is 10.6 Å². The van der Waals surface area contributed by atoms with Crippen LogP contribution in [-0.2, 0) is 4.79 Å². The molecule has 1 fully saturated rings. The zero-order valence-electron chi connectivity index (χ0n) is 11.4. The van der Waals surface area contributed by atoms with E-state index in [9.17, 15) is 4.79 Å². The first-order chi connectivity index (χ1) is 8.18. The Morgan fingerprint density at radius 3 is 2.94 bits per heavy atom. The smallest absolute Gasteiger partial charge is 0.220 e. The summed E-state index contributed by atoms with van der Waals surface area (Å²) in [5.74, 6) is 1.68. The first kappa shape index (κ1) is 14.5. The molecular weight excluding hydrogens is 212 g/mol. The Labute approximate surface area is 106 Å². The van der Waals surface area contributed by atoms with Crippen molar-refractivity contribution in [1.82, 2.24) is 10.6 Å². The van der Waals surface area contributed by atoms with Crippen molar-refractivity contribution in [1.29, 1.82) is 0 Å². The largest absolute Gasteiger partial charge is 0.356 e. The third-order valence-corrected chi connectivity index (χ3v) is 3.46. The molecule has 0 spiro atoms. The molecule has 0 radical (unpaired) electrons. The van der Waals surface area contributed by atoms with Crippen LogP contribution in [0.4, 0.5) is 0 Å². The van der Waals surface area contributed by atoms with Crippen molar-refractivity contribution < 1.29 is 4.79 Å². The summed E-state index contributed by atoms with van der Waals surface area (Å²) in [7, 11) is 0. The fourth-order valence-corrected chi connectivity index (χ4v) is 2.33. The summed E-state index contributed by atoms with van der Waals surface area (Å²) < 4.78 is 0. The molecule has 1 aliphatic heterocycles. The summed E-state index contributed by atoms with van der Waals surface area (Å²) >= 11 is 0. The van der Waals surface area contributed by atoms with Gasteiger partial charge in [0.2, 0.25) is 5.91 Å². The lowest BCUT2D eigenvalue weighted by Crippen LogP contribution is -2.31. The lowest BCUT2D eigenvalue weighted by atomic mass is 9.94. The van der Waals surface area contributed by atoms with Crippen molar-refractivity contribution in [2.45, 2.75) is 52.4 Å². The predicted molar refractivity (Wildman–Crippen MR) is 71.9 cm³/mol. The third-order valence-electron chi connectivity index (χ3n) is 3.46. The van der Waals surface area contributed by atoms with E-state index in [0.717, 1.165) is 38.4 Å². The standard InChI is InChI=1S/C14H28N2O/c1-12(2)5-3-10-16-14(17)8-7-13-6-4-9-15-11-13/h12-13,15H,3-11H2,1-2H3,(H,16,17). The van der Waals surface area contributed by atoms with Crippen molar-refractivity contribution in [3.05, 3.63) is 0 Å². The number of piperidine rings is 1. The SMILES string of the molecule is CC(C)CCCNC(=O)CCC1CCCNC1. The fraction of sp³-hybridized carbons (Fsp3) is 0.929. The molecule has 0 aromatic heterocycles. The number of carbonyl (C=O) groups excluding carboxylic acids is 1. The summed E-state index contributed by atoms with van der Waals surface area (Å²) in [4.78, 5) is 11.6. The summed E-state index contributed by atoms with van der Waals surface area (Å²) in [6, 6.07) is 0. The lowest BCUT2D eigenvalue weighted by Gasteiger charge is -2.22. The Hall–Kier alpha value is -0.570. The van der Waals surface area contributed by atoms with Crippen molar-refractivity contribution in [2.24, 2.45) is 11.8 Å². The molecule has 100 valence electrons. The van der Waals surface area contributed by atoms with Crippen LogP contribution >= 0.6 is 0 Å². The molecule has 0 aromatic carbocycles. The minimum Gasteiger partial charge on any atom is -0.356 e. The van der Waals surface area contributed by atoms with E-state index in [1.54, 1.807) is 0 Å². The first-order valence-electron chi connectivity index (χ1n) is 7.16. The maximum Gasteiger partial charge on any atom is 0.220 e. The molecule has 0 bridgehead atoms. The number of hydrogen-bond donors (Lipinski definition) is 2. The Bertz CT molecular complexity index is 210. The number of nitrogens with one attached hydrogen (secondary N) is 2. The van der Waals surface area contributed by atoms with E-state index in [1.807, 2.05) is 0 Å². The van der Waals surface area contributed by atoms with Crippen molar-refractivity contribution >= 4 is 5.91 Å². The van der Waals surface area contributed by atoms with Gasteiger partial charge in [0.1, 0.15) is 0 Å². The quantitative estimate of drug-likeness (QED) is 0.671. The second kappa shape index (κ2) is 8.51. The van der Waals surface area contributed by atoms with E-state index in [-0.39, 0.29) is 5.91 Å². The number of hydrogen-bond acceptors (Lipinski definition) is 2. The summed E-state index contributed by atoms with van der Waals surface area (Å²) in [5, 5.41) is 6.41. The predicted octanol–water partition coefficient (Wildman–Crippen LogP) is 2.32. The Kier molecular flexibility index (Phi) is 7.25. The van der Waals surface area contributed by atoms with Gasteiger partial charge in [0.15, 0.2) is 0 Å². The minimum atomic E-state index is 0.235. The van der Waals surface area contributed by atoms with Crippen molar-refractivity contribution in [2.75, 3.05) is 19.6 Å². The van der Waals surface area contributed by atoms with Crippen LogP contribution in [0.15, 0.2) is 0 Å². The van der Waals surface area contributed by atoms with E-state index >= 15 is 0 Å². The van der Waals surface area contributed by atoms with Gasteiger partial charge in [-0.3, -0.25) is 4.79 Å². The fourth-order valence-electron chi connectivity index (χ4n) is 2.33. The highest BCUT2D eigenvalue weighted by atomic mass is 16.1. The first-order valence-corrected chi connectivity index (χ1v) is 7.16. The van der Waals surface area contributed by atoms with Crippen LogP contribution in [0.2, 0.25) is 0 Å². The topological polar surface area (TPSA) is 41.1 Å². The Balaban J connectivity index is 1.96. The van der Waals surface area contributed by atoms with E-state index < -0.39 is 0 Å². The van der Waals surface area contributed by atoms with Crippen LogP contribution < -0.4 is 10.6 Å². The second-order valence-electron chi connectivity index (χ2n) is 5.64. The summed E-state index contributed by atoms with van der Waals surface area (Å²) in [5.41, 5.74) is 0. The van der Waals surface area contributed by atoms with E-state index in [4.69, 9.17) is 0 Å². The average molecular weight is 240 g/mol. The normalized spacial score (nSPS) is 20.5. The van der Waals surface area contributed by atoms with Gasteiger partial charge >= 0.3 is 0 Å². The van der Waals surface area contributed by atoms with Crippen LogP contribution in [-0.4, -0.2) is 25.5 Å². The molecule has 1 rings (SSSR count). The molecule has 3 nitrogen and oxygen atoms in total. The van der Waals surface area contributed by atoms with Gasteiger partial charge in [-0.05, 0) is 57.0 Å².